The molecule has 0 bridgehead atoms. The normalized spacial score (nSPS) is 9.69. The summed E-state index contributed by atoms with van der Waals surface area (Å²) < 4.78 is 10.7. The molecule has 3 nitrogen and oxygen atoms in total. The maximum absolute atomic E-state index is 8.52. The zero-order valence-electron chi connectivity index (χ0n) is 8.72. The molecule has 0 saturated carbocycles. The van der Waals surface area contributed by atoms with E-state index in [1.165, 1.54) is 0 Å². The van der Waals surface area contributed by atoms with E-state index < -0.39 is 0 Å². The fraction of sp³-hybridized carbons (Fsp3) is 0.154. The van der Waals surface area contributed by atoms with Crippen LogP contribution in [0, 0.1) is 11.3 Å². The van der Waals surface area contributed by atoms with Crippen LogP contribution < -0.4 is 4.74 Å². The minimum Gasteiger partial charge on any atom is -0.486 e. The first-order valence-corrected chi connectivity index (χ1v) is 4.99. The summed E-state index contributed by atoms with van der Waals surface area (Å²) in [7, 11) is 0. The molecule has 0 aliphatic carbocycles. The van der Waals surface area contributed by atoms with Gasteiger partial charge < -0.3 is 9.15 Å². The van der Waals surface area contributed by atoms with Crippen molar-refractivity contribution < 1.29 is 9.15 Å². The topological polar surface area (TPSA) is 46.2 Å². The molecule has 1 aromatic heterocycles. The third kappa shape index (κ3) is 2.64. The summed E-state index contributed by atoms with van der Waals surface area (Å²) in [6, 6.07) is 13.3. The molecule has 0 aliphatic heterocycles. The molecule has 0 N–H and O–H groups in total. The van der Waals surface area contributed by atoms with Crippen LogP contribution in [0.2, 0.25) is 0 Å². The standard InChI is InChI=1S/C13H11NO2/c14-8-7-11-3-5-12(6-4-11)16-10-13-2-1-9-15-13/h1-6,9H,7,10H2. The van der Waals surface area contributed by atoms with Gasteiger partial charge in [0.15, 0.2) is 0 Å². The molecule has 1 aromatic carbocycles. The quantitative estimate of drug-likeness (QED) is 0.784. The molecule has 0 fully saturated rings. The molecule has 0 amide bonds. The summed E-state index contributed by atoms with van der Waals surface area (Å²) in [6.45, 7) is 0.421. The van der Waals surface area contributed by atoms with E-state index in [1.807, 2.05) is 36.4 Å². The summed E-state index contributed by atoms with van der Waals surface area (Å²) in [5.74, 6) is 1.57. The molecule has 0 saturated heterocycles. The molecule has 1 heterocycles. The highest BCUT2D eigenvalue weighted by molar-refractivity contribution is 5.28. The summed E-state index contributed by atoms with van der Waals surface area (Å²) in [6.07, 6.45) is 2.05. The van der Waals surface area contributed by atoms with Crippen molar-refractivity contribution in [2.75, 3.05) is 0 Å². The predicted octanol–water partition coefficient (Wildman–Crippen LogP) is 2.92. The molecular weight excluding hydrogens is 202 g/mol. The second-order valence-electron chi connectivity index (χ2n) is 3.35. The van der Waals surface area contributed by atoms with E-state index in [2.05, 4.69) is 6.07 Å². The Hall–Kier alpha value is -2.21. The average Bonchev–Trinajstić information content (AvgIpc) is 2.82. The number of hydrogen-bond acceptors (Lipinski definition) is 3. The van der Waals surface area contributed by atoms with E-state index in [9.17, 15) is 0 Å². The Morgan fingerprint density at radius 1 is 1.19 bits per heavy atom. The zero-order valence-corrected chi connectivity index (χ0v) is 8.72. The van der Waals surface area contributed by atoms with Crippen LogP contribution in [0.3, 0.4) is 0 Å². The van der Waals surface area contributed by atoms with E-state index >= 15 is 0 Å². The fourth-order valence-electron chi connectivity index (χ4n) is 1.34. The van der Waals surface area contributed by atoms with Crippen molar-refractivity contribution in [1.29, 1.82) is 5.26 Å². The molecule has 3 heteroatoms. The van der Waals surface area contributed by atoms with Crippen LogP contribution in [0.1, 0.15) is 11.3 Å². The van der Waals surface area contributed by atoms with Crippen molar-refractivity contribution >= 4 is 0 Å². The molecule has 2 aromatic rings. The maximum Gasteiger partial charge on any atom is 0.146 e. The van der Waals surface area contributed by atoms with Gasteiger partial charge in [-0.3, -0.25) is 0 Å². The maximum atomic E-state index is 8.52. The van der Waals surface area contributed by atoms with Gasteiger partial charge in [0.05, 0.1) is 18.8 Å². The van der Waals surface area contributed by atoms with Crippen molar-refractivity contribution in [3.05, 3.63) is 54.0 Å². The Balaban J connectivity index is 1.93. The minimum absolute atomic E-state index is 0.421. The van der Waals surface area contributed by atoms with Crippen LogP contribution in [-0.4, -0.2) is 0 Å². The van der Waals surface area contributed by atoms with Gasteiger partial charge in [0.25, 0.3) is 0 Å². The minimum atomic E-state index is 0.421. The van der Waals surface area contributed by atoms with Crippen LogP contribution in [-0.2, 0) is 13.0 Å². The lowest BCUT2D eigenvalue weighted by molar-refractivity contribution is 0.270. The van der Waals surface area contributed by atoms with Gasteiger partial charge in [0.2, 0.25) is 0 Å². The second-order valence-corrected chi connectivity index (χ2v) is 3.35. The van der Waals surface area contributed by atoms with Gasteiger partial charge in [-0.25, -0.2) is 0 Å². The Labute approximate surface area is 93.9 Å². The van der Waals surface area contributed by atoms with Gasteiger partial charge in [0, 0.05) is 0 Å². The number of nitrogens with zero attached hydrogens (tertiary/aromatic N) is 1. The summed E-state index contributed by atoms with van der Waals surface area (Å²) in [5, 5.41) is 8.52. The number of furan rings is 1. The lowest BCUT2D eigenvalue weighted by atomic mass is 10.2. The number of hydrogen-bond donors (Lipinski definition) is 0. The third-order valence-corrected chi connectivity index (χ3v) is 2.17. The van der Waals surface area contributed by atoms with E-state index in [0.717, 1.165) is 17.1 Å². The number of ether oxygens (including phenoxy) is 1. The number of rotatable bonds is 4. The van der Waals surface area contributed by atoms with Gasteiger partial charge in [-0.1, -0.05) is 12.1 Å². The number of nitriles is 1. The Kier molecular flexibility index (Phi) is 3.25. The molecular formula is C13H11NO2. The van der Waals surface area contributed by atoms with Crippen LogP contribution in [0.4, 0.5) is 0 Å². The monoisotopic (exact) mass is 213 g/mol. The van der Waals surface area contributed by atoms with E-state index in [-0.39, 0.29) is 0 Å². The van der Waals surface area contributed by atoms with Crippen LogP contribution in [0.15, 0.2) is 47.1 Å². The third-order valence-electron chi connectivity index (χ3n) is 2.17. The number of benzene rings is 1. The van der Waals surface area contributed by atoms with E-state index in [1.54, 1.807) is 6.26 Å². The average molecular weight is 213 g/mol. The molecule has 2 rings (SSSR count). The second kappa shape index (κ2) is 5.04. The Morgan fingerprint density at radius 2 is 2.00 bits per heavy atom. The van der Waals surface area contributed by atoms with E-state index in [4.69, 9.17) is 14.4 Å². The van der Waals surface area contributed by atoms with Crippen molar-refractivity contribution in [2.45, 2.75) is 13.0 Å². The summed E-state index contributed by atoms with van der Waals surface area (Å²) in [4.78, 5) is 0. The van der Waals surface area contributed by atoms with Gasteiger partial charge in [0.1, 0.15) is 18.1 Å². The molecule has 0 unspecified atom stereocenters. The van der Waals surface area contributed by atoms with Crippen LogP contribution in [0.5, 0.6) is 5.75 Å². The van der Waals surface area contributed by atoms with Crippen molar-refractivity contribution in [3.8, 4) is 11.8 Å². The molecule has 0 aliphatic rings. The molecule has 16 heavy (non-hydrogen) atoms. The van der Waals surface area contributed by atoms with E-state index in [0.29, 0.717) is 13.0 Å². The predicted molar refractivity (Wildman–Crippen MR) is 58.8 cm³/mol. The summed E-state index contributed by atoms with van der Waals surface area (Å²) >= 11 is 0. The summed E-state index contributed by atoms with van der Waals surface area (Å²) in [5.41, 5.74) is 0.993. The van der Waals surface area contributed by atoms with Crippen molar-refractivity contribution in [3.63, 3.8) is 0 Å². The molecule has 0 atom stereocenters. The zero-order chi connectivity index (χ0) is 11.2. The highest BCUT2D eigenvalue weighted by atomic mass is 16.5. The Morgan fingerprint density at radius 3 is 2.62 bits per heavy atom. The SMILES string of the molecule is N#CCc1ccc(OCc2ccco2)cc1. The fourth-order valence-corrected chi connectivity index (χ4v) is 1.34. The first kappa shape index (κ1) is 10.3. The van der Waals surface area contributed by atoms with Gasteiger partial charge in [-0.05, 0) is 29.8 Å². The Bertz CT molecular complexity index is 466. The smallest absolute Gasteiger partial charge is 0.146 e. The van der Waals surface area contributed by atoms with Crippen molar-refractivity contribution in [2.24, 2.45) is 0 Å². The van der Waals surface area contributed by atoms with Gasteiger partial charge in [-0.15, -0.1) is 0 Å². The van der Waals surface area contributed by atoms with Crippen LogP contribution in [0.25, 0.3) is 0 Å². The first-order valence-electron chi connectivity index (χ1n) is 4.99. The molecule has 80 valence electrons. The van der Waals surface area contributed by atoms with Gasteiger partial charge >= 0.3 is 0 Å². The lowest BCUT2D eigenvalue weighted by Crippen LogP contribution is -1.93. The highest BCUT2D eigenvalue weighted by Crippen LogP contribution is 2.14. The van der Waals surface area contributed by atoms with Crippen molar-refractivity contribution in [1.82, 2.24) is 0 Å². The van der Waals surface area contributed by atoms with Gasteiger partial charge in [-0.2, -0.15) is 5.26 Å². The molecule has 0 spiro atoms. The first-order chi connectivity index (χ1) is 7.88. The molecule has 0 radical (unpaired) electrons. The highest BCUT2D eigenvalue weighted by Gasteiger charge is 1.98. The van der Waals surface area contributed by atoms with Crippen LogP contribution >= 0.6 is 0 Å². The lowest BCUT2D eigenvalue weighted by Gasteiger charge is -2.04. The largest absolute Gasteiger partial charge is 0.486 e.